The van der Waals surface area contributed by atoms with E-state index in [4.69, 9.17) is 5.73 Å². The molecule has 0 heterocycles. The molecule has 1 aromatic rings. The maximum atomic E-state index is 12.1. The SMILES string of the molecule is CCNC(=O)c1cc(N)ccc1NCCC1=CCCCC1. The average Bonchev–Trinajstić information content (AvgIpc) is 2.50. The molecule has 0 saturated heterocycles. The summed E-state index contributed by atoms with van der Waals surface area (Å²) in [7, 11) is 0. The number of carbonyl (C=O) groups is 1. The minimum absolute atomic E-state index is 0.0795. The van der Waals surface area contributed by atoms with Crippen molar-refractivity contribution in [2.45, 2.75) is 39.0 Å². The Hall–Kier alpha value is -1.97. The van der Waals surface area contributed by atoms with Crippen LogP contribution in [0.15, 0.2) is 29.8 Å². The van der Waals surface area contributed by atoms with Crippen LogP contribution in [-0.2, 0) is 0 Å². The van der Waals surface area contributed by atoms with E-state index in [0.29, 0.717) is 17.8 Å². The highest BCUT2D eigenvalue weighted by molar-refractivity contribution is 6.00. The van der Waals surface area contributed by atoms with Gasteiger partial charge in [-0.2, -0.15) is 0 Å². The largest absolute Gasteiger partial charge is 0.399 e. The van der Waals surface area contributed by atoms with Crippen molar-refractivity contribution in [2.24, 2.45) is 0 Å². The van der Waals surface area contributed by atoms with Crippen molar-refractivity contribution >= 4 is 17.3 Å². The molecule has 2 rings (SSSR count). The number of hydrogen-bond donors (Lipinski definition) is 3. The highest BCUT2D eigenvalue weighted by atomic mass is 16.1. The van der Waals surface area contributed by atoms with E-state index in [2.05, 4.69) is 16.7 Å². The van der Waals surface area contributed by atoms with Crippen molar-refractivity contribution in [3.63, 3.8) is 0 Å². The predicted octanol–water partition coefficient (Wildman–Crippen LogP) is 3.32. The van der Waals surface area contributed by atoms with E-state index in [0.717, 1.165) is 18.7 Å². The number of carbonyl (C=O) groups excluding carboxylic acids is 1. The Morgan fingerprint density at radius 1 is 1.33 bits per heavy atom. The normalized spacial score (nSPS) is 14.4. The topological polar surface area (TPSA) is 67.2 Å². The molecular formula is C17H25N3O. The summed E-state index contributed by atoms with van der Waals surface area (Å²) in [5.41, 5.74) is 9.40. The van der Waals surface area contributed by atoms with Crippen molar-refractivity contribution in [3.8, 4) is 0 Å². The van der Waals surface area contributed by atoms with Gasteiger partial charge in [0.2, 0.25) is 0 Å². The predicted molar refractivity (Wildman–Crippen MR) is 88.5 cm³/mol. The van der Waals surface area contributed by atoms with Crippen molar-refractivity contribution in [1.82, 2.24) is 5.32 Å². The van der Waals surface area contributed by atoms with Crippen molar-refractivity contribution in [2.75, 3.05) is 24.1 Å². The van der Waals surface area contributed by atoms with E-state index < -0.39 is 0 Å². The molecule has 4 N–H and O–H groups in total. The Bertz CT molecular complexity index is 523. The summed E-state index contributed by atoms with van der Waals surface area (Å²) in [6.45, 7) is 3.37. The second-order valence-electron chi connectivity index (χ2n) is 5.45. The zero-order chi connectivity index (χ0) is 15.1. The summed E-state index contributed by atoms with van der Waals surface area (Å²) in [6, 6.07) is 5.44. The van der Waals surface area contributed by atoms with Gasteiger partial charge < -0.3 is 16.4 Å². The number of anilines is 2. The molecule has 4 heteroatoms. The van der Waals surface area contributed by atoms with Crippen LogP contribution in [-0.4, -0.2) is 19.0 Å². The van der Waals surface area contributed by atoms with E-state index in [1.807, 2.05) is 19.1 Å². The van der Waals surface area contributed by atoms with Gasteiger partial charge in [0, 0.05) is 24.5 Å². The van der Waals surface area contributed by atoms with Crippen LogP contribution in [0, 0.1) is 0 Å². The fourth-order valence-electron chi connectivity index (χ4n) is 2.65. The lowest BCUT2D eigenvalue weighted by atomic mass is 9.97. The summed E-state index contributed by atoms with van der Waals surface area (Å²) in [4.78, 5) is 12.1. The standard InChI is InChI=1S/C17H25N3O/c1-2-19-17(21)15-12-14(18)8-9-16(15)20-11-10-13-6-4-3-5-7-13/h6,8-9,12,20H,2-5,7,10-11,18H2,1H3,(H,19,21). The van der Waals surface area contributed by atoms with Gasteiger partial charge in [-0.25, -0.2) is 0 Å². The van der Waals surface area contributed by atoms with Gasteiger partial charge in [0.05, 0.1) is 5.56 Å². The summed E-state index contributed by atoms with van der Waals surface area (Å²) in [6.07, 6.45) is 8.44. The van der Waals surface area contributed by atoms with Gasteiger partial charge in [-0.15, -0.1) is 0 Å². The highest BCUT2D eigenvalue weighted by Gasteiger charge is 2.11. The lowest BCUT2D eigenvalue weighted by molar-refractivity contribution is 0.0956. The van der Waals surface area contributed by atoms with Crippen LogP contribution in [0.2, 0.25) is 0 Å². The zero-order valence-electron chi connectivity index (χ0n) is 12.7. The number of allylic oxidation sites excluding steroid dienone is 1. The Morgan fingerprint density at radius 3 is 2.90 bits per heavy atom. The molecule has 1 aliphatic carbocycles. The lowest BCUT2D eigenvalue weighted by Gasteiger charge is -2.15. The quantitative estimate of drug-likeness (QED) is 0.555. The lowest BCUT2D eigenvalue weighted by Crippen LogP contribution is -2.24. The third kappa shape index (κ3) is 4.52. The van der Waals surface area contributed by atoms with E-state index in [1.165, 1.54) is 31.3 Å². The molecule has 114 valence electrons. The molecule has 0 atom stereocenters. The first kappa shape index (κ1) is 15.4. The van der Waals surface area contributed by atoms with Gasteiger partial charge in [0.25, 0.3) is 5.91 Å². The Labute approximate surface area is 126 Å². The molecule has 0 radical (unpaired) electrons. The molecular weight excluding hydrogens is 262 g/mol. The minimum Gasteiger partial charge on any atom is -0.399 e. The summed E-state index contributed by atoms with van der Waals surface area (Å²) < 4.78 is 0. The van der Waals surface area contributed by atoms with Crippen LogP contribution in [0.5, 0.6) is 0 Å². The molecule has 0 unspecified atom stereocenters. The molecule has 4 nitrogen and oxygen atoms in total. The average molecular weight is 287 g/mol. The monoisotopic (exact) mass is 287 g/mol. The third-order valence-electron chi connectivity index (χ3n) is 3.77. The Morgan fingerprint density at radius 2 is 2.19 bits per heavy atom. The van der Waals surface area contributed by atoms with E-state index in [9.17, 15) is 4.79 Å². The molecule has 0 fully saturated rings. The van der Waals surface area contributed by atoms with Gasteiger partial charge in [-0.1, -0.05) is 11.6 Å². The summed E-state index contributed by atoms with van der Waals surface area (Å²) >= 11 is 0. The first-order valence-electron chi connectivity index (χ1n) is 7.80. The van der Waals surface area contributed by atoms with Gasteiger partial charge in [0.15, 0.2) is 0 Å². The maximum absolute atomic E-state index is 12.1. The number of nitrogen functional groups attached to an aromatic ring is 1. The van der Waals surface area contributed by atoms with Crippen LogP contribution in [0.25, 0.3) is 0 Å². The number of amides is 1. The van der Waals surface area contributed by atoms with Crippen molar-refractivity contribution in [3.05, 3.63) is 35.4 Å². The van der Waals surface area contributed by atoms with E-state index in [1.54, 1.807) is 6.07 Å². The summed E-state index contributed by atoms with van der Waals surface area (Å²) in [5.74, 6) is -0.0795. The van der Waals surface area contributed by atoms with Gasteiger partial charge in [0.1, 0.15) is 0 Å². The second-order valence-corrected chi connectivity index (χ2v) is 5.45. The highest BCUT2D eigenvalue weighted by Crippen LogP contribution is 2.22. The molecule has 0 spiro atoms. The first-order valence-corrected chi connectivity index (χ1v) is 7.80. The van der Waals surface area contributed by atoms with Gasteiger partial charge in [-0.3, -0.25) is 4.79 Å². The molecule has 0 saturated carbocycles. The number of nitrogens with one attached hydrogen (secondary N) is 2. The van der Waals surface area contributed by atoms with Crippen LogP contribution >= 0.6 is 0 Å². The van der Waals surface area contributed by atoms with Crippen molar-refractivity contribution < 1.29 is 4.79 Å². The van der Waals surface area contributed by atoms with E-state index >= 15 is 0 Å². The minimum atomic E-state index is -0.0795. The van der Waals surface area contributed by atoms with E-state index in [-0.39, 0.29) is 5.91 Å². The Kier molecular flexibility index (Phi) is 5.67. The summed E-state index contributed by atoms with van der Waals surface area (Å²) in [5, 5.41) is 6.19. The first-order chi connectivity index (χ1) is 10.2. The molecule has 1 aliphatic rings. The van der Waals surface area contributed by atoms with Crippen LogP contribution in [0.1, 0.15) is 49.4 Å². The van der Waals surface area contributed by atoms with Gasteiger partial charge >= 0.3 is 0 Å². The van der Waals surface area contributed by atoms with Gasteiger partial charge in [-0.05, 0) is 57.2 Å². The fraction of sp³-hybridized carbons (Fsp3) is 0.471. The molecule has 1 amide bonds. The zero-order valence-corrected chi connectivity index (χ0v) is 12.7. The number of rotatable bonds is 6. The van der Waals surface area contributed by atoms with Crippen molar-refractivity contribution in [1.29, 1.82) is 0 Å². The molecule has 1 aromatic carbocycles. The number of hydrogen-bond acceptors (Lipinski definition) is 3. The molecule has 0 aromatic heterocycles. The Balaban J connectivity index is 1.98. The smallest absolute Gasteiger partial charge is 0.253 e. The van der Waals surface area contributed by atoms with Crippen LogP contribution in [0.3, 0.4) is 0 Å². The third-order valence-corrected chi connectivity index (χ3v) is 3.77. The number of benzene rings is 1. The van der Waals surface area contributed by atoms with Crippen LogP contribution < -0.4 is 16.4 Å². The molecule has 0 bridgehead atoms. The number of nitrogens with two attached hydrogens (primary N) is 1. The molecule has 0 aliphatic heterocycles. The van der Waals surface area contributed by atoms with Crippen LogP contribution in [0.4, 0.5) is 11.4 Å². The second kappa shape index (κ2) is 7.72. The fourth-order valence-corrected chi connectivity index (χ4v) is 2.65. The molecule has 21 heavy (non-hydrogen) atoms. The maximum Gasteiger partial charge on any atom is 0.253 e.